The number of hydrogen-bond acceptors (Lipinski definition) is 7. The lowest BCUT2D eigenvalue weighted by molar-refractivity contribution is -0.139. The van der Waals surface area contributed by atoms with Gasteiger partial charge in [-0.05, 0) is 81.3 Å². The first kappa shape index (κ1) is 28.3. The normalized spacial score (nSPS) is 22.2. The molecule has 2 atom stereocenters. The number of benzene rings is 1. The predicted molar refractivity (Wildman–Crippen MR) is 152 cm³/mol. The van der Waals surface area contributed by atoms with E-state index >= 15 is 4.39 Å². The van der Waals surface area contributed by atoms with E-state index in [0.717, 1.165) is 49.7 Å². The summed E-state index contributed by atoms with van der Waals surface area (Å²) in [6.07, 6.45) is 4.49. The van der Waals surface area contributed by atoms with Gasteiger partial charge in [0.25, 0.3) is 5.91 Å². The molecule has 2 fully saturated rings. The second kappa shape index (κ2) is 13.0. The predicted octanol–water partition coefficient (Wildman–Crippen LogP) is 3.29. The number of carbonyl (C=O) groups is 2. The van der Waals surface area contributed by atoms with Gasteiger partial charge in [0.15, 0.2) is 0 Å². The molecule has 0 saturated carbocycles. The van der Waals surface area contributed by atoms with Gasteiger partial charge in [-0.15, -0.1) is 0 Å². The molecule has 2 saturated heterocycles. The minimum absolute atomic E-state index is 0.207. The monoisotopic (exact) mass is 553 g/mol. The summed E-state index contributed by atoms with van der Waals surface area (Å²) in [6.45, 7) is 5.06. The van der Waals surface area contributed by atoms with Crippen molar-refractivity contribution in [1.29, 1.82) is 0 Å². The highest BCUT2D eigenvalue weighted by molar-refractivity contribution is 5.97. The Morgan fingerprint density at radius 1 is 1.18 bits per heavy atom. The van der Waals surface area contributed by atoms with Gasteiger partial charge in [0.05, 0.1) is 13.2 Å². The molecule has 0 spiro atoms. The minimum Gasteiger partial charge on any atom is -0.480 e. The fraction of sp³-hybridized carbons (Fsp3) is 0.567. The van der Waals surface area contributed by atoms with E-state index in [9.17, 15) is 14.7 Å². The lowest BCUT2D eigenvalue weighted by atomic mass is 9.89. The number of piperidine rings is 1. The zero-order chi connectivity index (χ0) is 28.0. The number of carboxylic acid groups (broad SMARTS) is 1. The van der Waals surface area contributed by atoms with E-state index in [1.165, 1.54) is 5.56 Å². The number of likely N-dealkylation sites (tertiary alicyclic amines) is 1. The van der Waals surface area contributed by atoms with Crippen LogP contribution in [-0.2, 0) is 22.4 Å². The van der Waals surface area contributed by atoms with Crippen molar-refractivity contribution in [3.63, 3.8) is 0 Å². The molecule has 1 aromatic heterocycles. The van der Waals surface area contributed by atoms with E-state index in [2.05, 4.69) is 21.6 Å². The SMILES string of the molecule is O=C(NC(CCN1CCCC(F)(CCc2ccc3c(n2)NCCC3)C1)C(=O)O)c1cccc(N2CCOCC2)c1. The van der Waals surface area contributed by atoms with Gasteiger partial charge in [-0.1, -0.05) is 12.1 Å². The third-order valence-corrected chi connectivity index (χ3v) is 8.21. The lowest BCUT2D eigenvalue weighted by Crippen LogP contribution is -2.48. The van der Waals surface area contributed by atoms with Crippen LogP contribution in [0.5, 0.6) is 0 Å². The average Bonchev–Trinajstić information content (AvgIpc) is 2.98. The Labute approximate surface area is 235 Å². The number of rotatable bonds is 10. The van der Waals surface area contributed by atoms with Crippen molar-refractivity contribution in [2.75, 3.05) is 62.7 Å². The lowest BCUT2D eigenvalue weighted by Gasteiger charge is -2.38. The van der Waals surface area contributed by atoms with Crippen LogP contribution in [0.1, 0.15) is 53.7 Å². The largest absolute Gasteiger partial charge is 0.480 e. The fourth-order valence-electron chi connectivity index (χ4n) is 5.91. The van der Waals surface area contributed by atoms with E-state index < -0.39 is 23.6 Å². The number of carbonyl (C=O) groups excluding carboxylic acids is 1. The molecule has 5 rings (SSSR count). The Hall–Kier alpha value is -3.24. The van der Waals surface area contributed by atoms with E-state index in [1.807, 2.05) is 17.0 Å². The summed E-state index contributed by atoms with van der Waals surface area (Å²) in [6, 6.07) is 10.3. The highest BCUT2D eigenvalue weighted by Gasteiger charge is 2.35. The van der Waals surface area contributed by atoms with Crippen LogP contribution in [0.15, 0.2) is 36.4 Å². The maximum atomic E-state index is 15.9. The van der Waals surface area contributed by atoms with Gasteiger partial charge in [-0.25, -0.2) is 14.2 Å². The summed E-state index contributed by atoms with van der Waals surface area (Å²) in [4.78, 5) is 33.8. The third-order valence-electron chi connectivity index (χ3n) is 8.21. The number of alkyl halides is 1. The molecule has 1 amide bonds. The third kappa shape index (κ3) is 7.28. The topological polar surface area (TPSA) is 107 Å². The van der Waals surface area contributed by atoms with Crippen molar-refractivity contribution in [3.8, 4) is 0 Å². The van der Waals surface area contributed by atoms with Crippen LogP contribution >= 0.6 is 0 Å². The second-order valence-electron chi connectivity index (χ2n) is 11.2. The second-order valence-corrected chi connectivity index (χ2v) is 11.2. The minimum atomic E-state index is -1.34. The van der Waals surface area contributed by atoms with Gasteiger partial charge in [-0.2, -0.15) is 0 Å². The van der Waals surface area contributed by atoms with Gasteiger partial charge >= 0.3 is 5.97 Å². The number of amides is 1. The van der Waals surface area contributed by atoms with E-state index in [1.54, 1.807) is 18.2 Å². The first-order valence-corrected chi connectivity index (χ1v) is 14.5. The molecular weight excluding hydrogens is 513 g/mol. The molecule has 1 aromatic carbocycles. The number of aliphatic carboxylic acids is 1. The number of halogens is 1. The van der Waals surface area contributed by atoms with Crippen molar-refractivity contribution < 1.29 is 23.8 Å². The van der Waals surface area contributed by atoms with Gasteiger partial charge < -0.3 is 30.3 Å². The fourth-order valence-corrected chi connectivity index (χ4v) is 5.91. The molecule has 3 aliphatic heterocycles. The number of fused-ring (bicyclic) bond motifs is 1. The van der Waals surface area contributed by atoms with E-state index in [0.29, 0.717) is 57.6 Å². The molecule has 2 aromatic rings. The smallest absolute Gasteiger partial charge is 0.326 e. The maximum Gasteiger partial charge on any atom is 0.326 e. The van der Waals surface area contributed by atoms with Crippen molar-refractivity contribution in [1.82, 2.24) is 15.2 Å². The number of nitrogens with one attached hydrogen (secondary N) is 2. The first-order valence-electron chi connectivity index (χ1n) is 14.5. The Morgan fingerprint density at radius 3 is 2.85 bits per heavy atom. The summed E-state index contributed by atoms with van der Waals surface area (Å²) in [5.74, 6) is -0.585. The first-order chi connectivity index (χ1) is 19.4. The average molecular weight is 554 g/mol. The zero-order valence-corrected chi connectivity index (χ0v) is 23.0. The number of ether oxygens (including phenoxy) is 1. The summed E-state index contributed by atoms with van der Waals surface area (Å²) in [7, 11) is 0. The molecule has 4 heterocycles. The number of morpholine rings is 1. The summed E-state index contributed by atoms with van der Waals surface area (Å²) in [5.41, 5.74) is 2.11. The Morgan fingerprint density at radius 2 is 2.02 bits per heavy atom. The highest BCUT2D eigenvalue weighted by atomic mass is 19.1. The maximum absolute atomic E-state index is 15.9. The quantitative estimate of drug-likeness (QED) is 0.412. The number of nitrogens with zero attached hydrogens (tertiary/aromatic N) is 3. The molecule has 0 aliphatic carbocycles. The molecule has 40 heavy (non-hydrogen) atoms. The van der Waals surface area contributed by atoms with E-state index in [4.69, 9.17) is 9.72 Å². The molecule has 3 aliphatic rings. The van der Waals surface area contributed by atoms with Crippen LogP contribution in [0.2, 0.25) is 0 Å². The molecule has 0 radical (unpaired) electrons. The standard InChI is InChI=1S/C30H40FN5O4/c31-30(12-9-24-8-7-22-5-2-13-32-27(22)33-24)11-3-14-35(21-30)15-10-26(29(38)39)34-28(37)23-4-1-6-25(20-23)36-16-18-40-19-17-36/h1,4,6-8,20,26H,2-3,5,9-19,21H2,(H,32,33)(H,34,37)(H,38,39). The van der Waals surface area contributed by atoms with Crippen LogP contribution in [0.3, 0.4) is 0 Å². The van der Waals surface area contributed by atoms with Crippen LogP contribution in [0.25, 0.3) is 0 Å². The number of aromatic nitrogens is 1. The van der Waals surface area contributed by atoms with Gasteiger partial charge in [0.2, 0.25) is 0 Å². The summed E-state index contributed by atoms with van der Waals surface area (Å²) >= 11 is 0. The molecular formula is C30H40FN5O4. The Kier molecular flexibility index (Phi) is 9.16. The van der Waals surface area contributed by atoms with Gasteiger partial charge in [0.1, 0.15) is 17.5 Å². The van der Waals surface area contributed by atoms with Crippen molar-refractivity contribution in [2.45, 2.75) is 56.7 Å². The Bertz CT molecular complexity index is 1190. The summed E-state index contributed by atoms with van der Waals surface area (Å²) in [5, 5.41) is 15.8. The number of anilines is 2. The van der Waals surface area contributed by atoms with Crippen LogP contribution in [0, 0.1) is 0 Å². The molecule has 0 bridgehead atoms. The Balaban J connectivity index is 1.13. The highest BCUT2D eigenvalue weighted by Crippen LogP contribution is 2.31. The van der Waals surface area contributed by atoms with Crippen LogP contribution in [-0.4, -0.2) is 91.1 Å². The van der Waals surface area contributed by atoms with Crippen molar-refractivity contribution >= 4 is 23.4 Å². The summed E-state index contributed by atoms with van der Waals surface area (Å²) < 4.78 is 21.3. The van der Waals surface area contributed by atoms with Crippen molar-refractivity contribution in [2.24, 2.45) is 0 Å². The molecule has 10 heteroatoms. The van der Waals surface area contributed by atoms with Crippen molar-refractivity contribution in [3.05, 3.63) is 53.2 Å². The molecule has 216 valence electrons. The van der Waals surface area contributed by atoms with Crippen LogP contribution < -0.4 is 15.5 Å². The molecule has 3 N–H and O–H groups in total. The van der Waals surface area contributed by atoms with Crippen LogP contribution in [0.4, 0.5) is 15.9 Å². The number of aryl methyl sites for hydroxylation is 2. The number of hydrogen-bond donors (Lipinski definition) is 3. The van der Waals surface area contributed by atoms with Gasteiger partial charge in [-0.3, -0.25) is 4.79 Å². The van der Waals surface area contributed by atoms with E-state index in [-0.39, 0.29) is 13.0 Å². The zero-order valence-electron chi connectivity index (χ0n) is 23.0. The number of carboxylic acids is 1. The van der Waals surface area contributed by atoms with Gasteiger partial charge in [0, 0.05) is 49.7 Å². The molecule has 2 unspecified atom stereocenters. The number of pyridine rings is 1. The molecule has 9 nitrogen and oxygen atoms in total.